The fourth-order valence-electron chi connectivity index (χ4n) is 3.47. The zero-order chi connectivity index (χ0) is 16.1. The monoisotopic (exact) mass is 333 g/mol. The molecule has 0 saturated carbocycles. The summed E-state index contributed by atoms with van der Waals surface area (Å²) in [6, 6.07) is 11.2. The van der Waals surface area contributed by atoms with Crippen LogP contribution < -0.4 is 5.32 Å². The lowest BCUT2D eigenvalue weighted by molar-refractivity contribution is -0.136. The minimum Gasteiger partial charge on any atom is -0.337 e. The fraction of sp³-hybridized carbons (Fsp3) is 0.611. The molecular weight excluding hydrogens is 306 g/mol. The highest BCUT2D eigenvalue weighted by atomic mass is 32.2. The van der Waals surface area contributed by atoms with Gasteiger partial charge in [-0.25, -0.2) is 0 Å². The van der Waals surface area contributed by atoms with Gasteiger partial charge in [0.2, 0.25) is 5.91 Å². The third-order valence-corrected chi connectivity index (χ3v) is 5.83. The predicted octanol–water partition coefficient (Wildman–Crippen LogP) is 1.81. The van der Waals surface area contributed by atoms with Crippen molar-refractivity contribution in [3.05, 3.63) is 35.9 Å². The molecular formula is C18H27N3OS. The van der Waals surface area contributed by atoms with Crippen molar-refractivity contribution in [2.45, 2.75) is 32.0 Å². The largest absolute Gasteiger partial charge is 0.337 e. The van der Waals surface area contributed by atoms with Gasteiger partial charge in [0.1, 0.15) is 0 Å². The summed E-state index contributed by atoms with van der Waals surface area (Å²) in [5.74, 6) is 2.55. The van der Waals surface area contributed by atoms with Gasteiger partial charge in [-0.2, -0.15) is 11.8 Å². The lowest BCUT2D eigenvalue weighted by Crippen LogP contribution is -2.54. The minimum absolute atomic E-state index is 0.302. The maximum atomic E-state index is 12.6. The van der Waals surface area contributed by atoms with Crippen LogP contribution >= 0.6 is 11.8 Å². The first-order chi connectivity index (χ1) is 11.2. The van der Waals surface area contributed by atoms with Crippen molar-refractivity contribution < 1.29 is 4.79 Å². The Morgan fingerprint density at radius 1 is 1.30 bits per heavy atom. The Labute approximate surface area is 143 Å². The van der Waals surface area contributed by atoms with Gasteiger partial charge in [-0.1, -0.05) is 30.3 Å². The topological polar surface area (TPSA) is 35.6 Å². The van der Waals surface area contributed by atoms with Gasteiger partial charge < -0.3 is 10.2 Å². The Balaban J connectivity index is 1.48. The Morgan fingerprint density at radius 3 is 2.83 bits per heavy atom. The number of nitrogens with zero attached hydrogens (tertiary/aromatic N) is 2. The van der Waals surface area contributed by atoms with E-state index in [1.165, 1.54) is 11.3 Å². The van der Waals surface area contributed by atoms with Crippen LogP contribution in [0.25, 0.3) is 0 Å². The van der Waals surface area contributed by atoms with E-state index < -0.39 is 0 Å². The first kappa shape index (κ1) is 16.8. The van der Waals surface area contributed by atoms with Crippen molar-refractivity contribution >= 4 is 17.7 Å². The summed E-state index contributed by atoms with van der Waals surface area (Å²) < 4.78 is 0. The van der Waals surface area contributed by atoms with E-state index in [-0.39, 0.29) is 0 Å². The van der Waals surface area contributed by atoms with Gasteiger partial charge in [0.15, 0.2) is 0 Å². The van der Waals surface area contributed by atoms with Crippen LogP contribution in [-0.2, 0) is 11.3 Å². The molecule has 2 aliphatic heterocycles. The van der Waals surface area contributed by atoms with E-state index >= 15 is 0 Å². The molecule has 0 bridgehead atoms. The molecule has 126 valence electrons. The van der Waals surface area contributed by atoms with E-state index in [1.807, 2.05) is 11.8 Å². The maximum Gasteiger partial charge on any atom is 0.224 e. The third kappa shape index (κ3) is 4.72. The van der Waals surface area contributed by atoms with Crippen molar-refractivity contribution in [3.63, 3.8) is 0 Å². The number of hydrogen-bond acceptors (Lipinski definition) is 4. The highest BCUT2D eigenvalue weighted by Crippen LogP contribution is 2.17. The highest BCUT2D eigenvalue weighted by Gasteiger charge is 2.29. The summed E-state index contributed by atoms with van der Waals surface area (Å²) in [7, 11) is 0. The first-order valence-electron chi connectivity index (χ1n) is 8.59. The zero-order valence-electron chi connectivity index (χ0n) is 13.9. The lowest BCUT2D eigenvalue weighted by Gasteiger charge is -2.40. The van der Waals surface area contributed by atoms with Crippen LogP contribution in [0.2, 0.25) is 0 Å². The van der Waals surface area contributed by atoms with Crippen LogP contribution in [0.4, 0.5) is 0 Å². The molecule has 2 atom stereocenters. The molecule has 5 heteroatoms. The number of nitrogens with one attached hydrogen (secondary N) is 1. The Kier molecular flexibility index (Phi) is 5.97. The summed E-state index contributed by atoms with van der Waals surface area (Å²) in [6.45, 7) is 6.98. The van der Waals surface area contributed by atoms with Crippen molar-refractivity contribution in [2.75, 3.05) is 37.7 Å². The second kappa shape index (κ2) is 8.18. The molecule has 0 aliphatic carbocycles. The molecule has 1 N–H and O–H groups in total. The van der Waals surface area contributed by atoms with Crippen LogP contribution in [0.5, 0.6) is 0 Å². The summed E-state index contributed by atoms with van der Waals surface area (Å²) in [6.07, 6.45) is 0.649. The summed E-state index contributed by atoms with van der Waals surface area (Å²) in [5.41, 5.74) is 1.35. The van der Waals surface area contributed by atoms with E-state index in [0.29, 0.717) is 24.4 Å². The van der Waals surface area contributed by atoms with Crippen molar-refractivity contribution in [3.8, 4) is 0 Å². The van der Waals surface area contributed by atoms with Gasteiger partial charge in [0.05, 0.1) is 0 Å². The van der Waals surface area contributed by atoms with E-state index in [9.17, 15) is 4.79 Å². The molecule has 3 rings (SSSR count). The van der Waals surface area contributed by atoms with Gasteiger partial charge in [-0.05, 0) is 12.5 Å². The molecule has 2 heterocycles. The lowest BCUT2D eigenvalue weighted by atomic mass is 10.1. The molecule has 1 aromatic rings. The smallest absolute Gasteiger partial charge is 0.224 e. The van der Waals surface area contributed by atoms with Gasteiger partial charge in [-0.15, -0.1) is 0 Å². The molecule has 4 nitrogen and oxygen atoms in total. The summed E-state index contributed by atoms with van der Waals surface area (Å²) in [5, 5.41) is 3.47. The Bertz CT molecular complexity index is 504. The molecule has 2 saturated heterocycles. The number of carbonyl (C=O) groups is 1. The molecule has 2 unspecified atom stereocenters. The molecule has 23 heavy (non-hydrogen) atoms. The van der Waals surface area contributed by atoms with Gasteiger partial charge >= 0.3 is 0 Å². The number of piperazine rings is 1. The average Bonchev–Trinajstić information content (AvgIpc) is 2.57. The van der Waals surface area contributed by atoms with Gasteiger partial charge in [-0.3, -0.25) is 9.69 Å². The third-order valence-electron chi connectivity index (χ3n) is 4.70. The van der Waals surface area contributed by atoms with Crippen molar-refractivity contribution in [1.29, 1.82) is 0 Å². The van der Waals surface area contributed by atoms with E-state index in [1.54, 1.807) is 0 Å². The number of benzene rings is 1. The molecule has 2 aliphatic rings. The SMILES string of the molecule is CC1CN(Cc2ccccc2)CCN1C(=O)CC1CSCCN1. The van der Waals surface area contributed by atoms with Crippen LogP contribution in [0.3, 0.4) is 0 Å². The molecule has 0 aromatic heterocycles. The second-order valence-electron chi connectivity index (χ2n) is 6.59. The van der Waals surface area contributed by atoms with E-state index in [0.717, 1.165) is 38.5 Å². The van der Waals surface area contributed by atoms with E-state index in [2.05, 4.69) is 52.4 Å². The van der Waals surface area contributed by atoms with Gasteiger partial charge in [0.25, 0.3) is 0 Å². The number of amides is 1. The second-order valence-corrected chi connectivity index (χ2v) is 7.74. The zero-order valence-corrected chi connectivity index (χ0v) is 14.7. The van der Waals surface area contributed by atoms with Crippen LogP contribution in [0, 0.1) is 0 Å². The Hall–Kier alpha value is -1.04. The molecule has 0 spiro atoms. The standard InChI is InChI=1S/C18H27N3OS/c1-15-12-20(13-16-5-3-2-4-6-16)8-9-21(15)18(22)11-17-14-23-10-7-19-17/h2-6,15,17,19H,7-14H2,1H3. The number of thioether (sulfide) groups is 1. The quantitative estimate of drug-likeness (QED) is 0.912. The van der Waals surface area contributed by atoms with Crippen LogP contribution in [-0.4, -0.2) is 65.5 Å². The fourth-order valence-corrected chi connectivity index (χ4v) is 4.42. The van der Waals surface area contributed by atoms with E-state index in [4.69, 9.17) is 0 Å². The highest BCUT2D eigenvalue weighted by molar-refractivity contribution is 7.99. The molecule has 1 aromatic carbocycles. The van der Waals surface area contributed by atoms with Gasteiger partial charge in [0, 0.05) is 62.7 Å². The van der Waals surface area contributed by atoms with Crippen LogP contribution in [0.1, 0.15) is 18.9 Å². The maximum absolute atomic E-state index is 12.6. The number of hydrogen-bond donors (Lipinski definition) is 1. The minimum atomic E-state index is 0.302. The number of rotatable bonds is 4. The average molecular weight is 334 g/mol. The Morgan fingerprint density at radius 2 is 2.13 bits per heavy atom. The van der Waals surface area contributed by atoms with Crippen LogP contribution in [0.15, 0.2) is 30.3 Å². The van der Waals surface area contributed by atoms with Crippen molar-refractivity contribution in [2.24, 2.45) is 0 Å². The molecule has 0 radical (unpaired) electrons. The normalized spacial score (nSPS) is 26.2. The molecule has 1 amide bonds. The summed E-state index contributed by atoms with van der Waals surface area (Å²) in [4.78, 5) is 17.1. The predicted molar refractivity (Wildman–Crippen MR) is 96.6 cm³/mol. The summed E-state index contributed by atoms with van der Waals surface area (Å²) >= 11 is 1.95. The first-order valence-corrected chi connectivity index (χ1v) is 9.75. The molecule has 2 fully saturated rings. The van der Waals surface area contributed by atoms with Crippen molar-refractivity contribution in [1.82, 2.24) is 15.1 Å². The number of carbonyl (C=O) groups excluding carboxylic acids is 1.